The van der Waals surface area contributed by atoms with Crippen molar-refractivity contribution < 1.29 is 0 Å². The summed E-state index contributed by atoms with van der Waals surface area (Å²) in [4.78, 5) is 0. The molecule has 0 bridgehead atoms. The highest BCUT2D eigenvalue weighted by Gasteiger charge is 2.34. The first-order valence-electron chi connectivity index (χ1n) is 6.69. The molecule has 0 radical (unpaired) electrons. The molecule has 4 unspecified atom stereocenters. The first-order chi connectivity index (χ1) is 7.91. The van der Waals surface area contributed by atoms with Crippen molar-refractivity contribution in [3.8, 4) is 0 Å². The van der Waals surface area contributed by atoms with Crippen LogP contribution in [0.25, 0.3) is 0 Å². The van der Waals surface area contributed by atoms with E-state index in [2.05, 4.69) is 39.3 Å². The lowest BCUT2D eigenvalue weighted by molar-refractivity contribution is 0.164. The van der Waals surface area contributed by atoms with Crippen molar-refractivity contribution in [3.05, 3.63) is 17.0 Å². The summed E-state index contributed by atoms with van der Waals surface area (Å²) in [6, 6.07) is 0.616. The number of hydrogen-bond acceptors (Lipinski definition) is 2. The van der Waals surface area contributed by atoms with E-state index in [1.807, 2.05) is 0 Å². The van der Waals surface area contributed by atoms with E-state index in [-0.39, 0.29) is 6.04 Å². The van der Waals surface area contributed by atoms with Gasteiger partial charge in [-0.1, -0.05) is 13.8 Å². The van der Waals surface area contributed by atoms with Crippen LogP contribution in [0.2, 0.25) is 0 Å². The van der Waals surface area contributed by atoms with Gasteiger partial charge in [0.15, 0.2) is 0 Å². The maximum absolute atomic E-state index is 6.36. The van der Waals surface area contributed by atoms with E-state index in [0.29, 0.717) is 12.0 Å². The van der Waals surface area contributed by atoms with Gasteiger partial charge in [-0.15, -0.1) is 0 Å². The molecule has 3 nitrogen and oxygen atoms in total. The molecule has 17 heavy (non-hydrogen) atoms. The third-order valence-electron chi connectivity index (χ3n) is 4.44. The third-order valence-corrected chi connectivity index (χ3v) is 4.44. The van der Waals surface area contributed by atoms with Crippen LogP contribution in [-0.4, -0.2) is 15.8 Å². The average Bonchev–Trinajstić information content (AvgIpc) is 2.45. The van der Waals surface area contributed by atoms with Crippen molar-refractivity contribution in [2.45, 2.75) is 59.5 Å². The first-order valence-corrected chi connectivity index (χ1v) is 6.69. The Hall–Kier alpha value is -0.830. The third kappa shape index (κ3) is 2.13. The van der Waals surface area contributed by atoms with E-state index in [4.69, 9.17) is 10.8 Å². The number of hydrogen-bond donors (Lipinski definition) is 1. The smallest absolute Gasteiger partial charge is 0.0698 e. The van der Waals surface area contributed by atoms with Gasteiger partial charge < -0.3 is 5.73 Å². The highest BCUT2D eigenvalue weighted by atomic mass is 15.3. The van der Waals surface area contributed by atoms with Crippen molar-refractivity contribution >= 4 is 0 Å². The minimum absolute atomic E-state index is 0.242. The number of rotatable bonds is 1. The van der Waals surface area contributed by atoms with E-state index in [1.54, 1.807) is 0 Å². The van der Waals surface area contributed by atoms with Crippen LogP contribution < -0.4 is 5.73 Å². The summed E-state index contributed by atoms with van der Waals surface area (Å²) in [5, 5.41) is 4.70. The van der Waals surface area contributed by atoms with Crippen LogP contribution in [0.1, 0.15) is 49.7 Å². The van der Waals surface area contributed by atoms with Gasteiger partial charge in [-0.2, -0.15) is 5.10 Å². The normalized spacial score (nSPS) is 34.0. The largest absolute Gasteiger partial charge is 0.326 e. The molecule has 1 heterocycles. The monoisotopic (exact) mass is 235 g/mol. The Bertz CT molecular complexity index is 396. The summed E-state index contributed by atoms with van der Waals surface area (Å²) < 4.78 is 2.19. The van der Waals surface area contributed by atoms with Gasteiger partial charge >= 0.3 is 0 Å². The molecule has 0 aromatic carbocycles. The maximum atomic E-state index is 6.36. The van der Waals surface area contributed by atoms with E-state index in [9.17, 15) is 0 Å². The molecule has 2 rings (SSSR count). The summed E-state index contributed by atoms with van der Waals surface area (Å²) >= 11 is 0. The number of nitrogens with zero attached hydrogens (tertiary/aromatic N) is 2. The van der Waals surface area contributed by atoms with Gasteiger partial charge in [0.2, 0.25) is 0 Å². The quantitative estimate of drug-likeness (QED) is 0.813. The van der Waals surface area contributed by atoms with Gasteiger partial charge in [0.1, 0.15) is 0 Å². The molecule has 1 fully saturated rings. The molecule has 3 heteroatoms. The standard InChI is InChI=1S/C14H25N3/c1-8-6-9(2)14(13(15)7-8)17-12(5)10(3)11(4)16-17/h8-9,13-14H,6-7,15H2,1-5H3. The Balaban J connectivity index is 2.35. The molecule has 0 amide bonds. The molecule has 2 N–H and O–H groups in total. The van der Waals surface area contributed by atoms with Crippen LogP contribution >= 0.6 is 0 Å². The lowest BCUT2D eigenvalue weighted by Crippen LogP contribution is -2.42. The lowest BCUT2D eigenvalue weighted by atomic mass is 9.77. The number of aromatic nitrogens is 2. The van der Waals surface area contributed by atoms with E-state index in [1.165, 1.54) is 17.7 Å². The Morgan fingerprint density at radius 2 is 1.82 bits per heavy atom. The molecule has 0 spiro atoms. The van der Waals surface area contributed by atoms with Gasteiger partial charge in [-0.05, 0) is 51.0 Å². The predicted molar refractivity (Wildman–Crippen MR) is 71.0 cm³/mol. The van der Waals surface area contributed by atoms with Gasteiger partial charge in [0.05, 0.1) is 11.7 Å². The zero-order valence-electron chi connectivity index (χ0n) is 11.7. The summed E-state index contributed by atoms with van der Waals surface area (Å²) in [5.74, 6) is 1.36. The van der Waals surface area contributed by atoms with Gasteiger partial charge in [0, 0.05) is 11.7 Å². The van der Waals surface area contributed by atoms with E-state index in [0.717, 1.165) is 18.0 Å². The topological polar surface area (TPSA) is 43.8 Å². The lowest BCUT2D eigenvalue weighted by Gasteiger charge is -2.38. The second-order valence-electron chi connectivity index (χ2n) is 5.95. The van der Waals surface area contributed by atoms with Crippen LogP contribution in [0.5, 0.6) is 0 Å². The highest BCUT2D eigenvalue weighted by molar-refractivity contribution is 5.23. The minimum atomic E-state index is 0.242. The van der Waals surface area contributed by atoms with Crippen molar-refractivity contribution in [1.82, 2.24) is 9.78 Å². The van der Waals surface area contributed by atoms with Crippen molar-refractivity contribution in [1.29, 1.82) is 0 Å². The van der Waals surface area contributed by atoms with Crippen molar-refractivity contribution in [3.63, 3.8) is 0 Å². The molecule has 1 aliphatic rings. The molecule has 1 aromatic heterocycles. The molecular weight excluding hydrogens is 210 g/mol. The second-order valence-corrected chi connectivity index (χ2v) is 5.95. The summed E-state index contributed by atoms with van der Waals surface area (Å²) in [6.07, 6.45) is 2.38. The van der Waals surface area contributed by atoms with Crippen LogP contribution in [0.15, 0.2) is 0 Å². The second kappa shape index (κ2) is 4.45. The SMILES string of the molecule is Cc1nn(C2C(C)CC(C)CC2N)c(C)c1C. The van der Waals surface area contributed by atoms with Crippen LogP contribution in [0.3, 0.4) is 0 Å². The first kappa shape index (κ1) is 12.6. The van der Waals surface area contributed by atoms with Crippen LogP contribution in [0, 0.1) is 32.6 Å². The number of nitrogens with two attached hydrogens (primary N) is 1. The fourth-order valence-electron chi connectivity index (χ4n) is 3.35. The molecule has 1 aliphatic carbocycles. The van der Waals surface area contributed by atoms with Crippen molar-refractivity contribution in [2.24, 2.45) is 17.6 Å². The fraction of sp³-hybridized carbons (Fsp3) is 0.786. The molecular formula is C14H25N3. The Kier molecular flexibility index (Phi) is 3.30. The molecule has 96 valence electrons. The van der Waals surface area contributed by atoms with Crippen LogP contribution in [0.4, 0.5) is 0 Å². The van der Waals surface area contributed by atoms with Gasteiger partial charge in [0.25, 0.3) is 0 Å². The van der Waals surface area contributed by atoms with E-state index >= 15 is 0 Å². The summed E-state index contributed by atoms with van der Waals surface area (Å²) in [5.41, 5.74) is 10.1. The zero-order chi connectivity index (χ0) is 12.7. The minimum Gasteiger partial charge on any atom is -0.326 e. The highest BCUT2D eigenvalue weighted by Crippen LogP contribution is 2.36. The number of aryl methyl sites for hydroxylation is 1. The molecule has 1 saturated carbocycles. The molecule has 4 atom stereocenters. The Labute approximate surface area is 104 Å². The zero-order valence-corrected chi connectivity index (χ0v) is 11.7. The van der Waals surface area contributed by atoms with Crippen LogP contribution in [-0.2, 0) is 0 Å². The summed E-state index contributed by atoms with van der Waals surface area (Å²) in [6.45, 7) is 11.0. The Morgan fingerprint density at radius 1 is 1.18 bits per heavy atom. The van der Waals surface area contributed by atoms with Gasteiger partial charge in [-0.25, -0.2) is 0 Å². The Morgan fingerprint density at radius 3 is 2.29 bits per heavy atom. The molecule has 1 aromatic rings. The summed E-state index contributed by atoms with van der Waals surface area (Å²) in [7, 11) is 0. The average molecular weight is 235 g/mol. The van der Waals surface area contributed by atoms with E-state index < -0.39 is 0 Å². The maximum Gasteiger partial charge on any atom is 0.0698 e. The fourth-order valence-corrected chi connectivity index (χ4v) is 3.35. The molecule has 0 saturated heterocycles. The molecule has 0 aliphatic heterocycles. The van der Waals surface area contributed by atoms with Crippen molar-refractivity contribution in [2.75, 3.05) is 0 Å². The predicted octanol–water partition coefficient (Wildman–Crippen LogP) is 2.74. The van der Waals surface area contributed by atoms with Gasteiger partial charge in [-0.3, -0.25) is 4.68 Å².